The number of carbonyl (C=O) groups is 3. The van der Waals surface area contributed by atoms with Crippen LogP contribution in [0, 0.1) is 0 Å². The zero-order valence-corrected chi connectivity index (χ0v) is 10.2. The molecule has 2 aromatic rings. The Labute approximate surface area is 112 Å². The van der Waals surface area contributed by atoms with Crippen molar-refractivity contribution >= 4 is 23.4 Å². The number of aromatic nitrogens is 3. The normalized spacial score (nSPS) is 19.1. The number of nitrogens with zero attached hydrogens (tertiary/aromatic N) is 3. The van der Waals surface area contributed by atoms with Crippen LogP contribution in [0.5, 0.6) is 0 Å². The van der Waals surface area contributed by atoms with Gasteiger partial charge in [-0.1, -0.05) is 6.07 Å². The molecule has 3 heterocycles. The smallest absolute Gasteiger partial charge is 0.374 e. The second-order valence-electron chi connectivity index (χ2n) is 4.49. The number of imide groups is 1. The minimum absolute atomic E-state index is 0.214. The Bertz CT molecular complexity index is 736. The van der Waals surface area contributed by atoms with Crippen molar-refractivity contribution < 1.29 is 19.5 Å². The van der Waals surface area contributed by atoms with Crippen LogP contribution in [0.15, 0.2) is 18.3 Å². The van der Waals surface area contributed by atoms with E-state index >= 15 is 0 Å². The van der Waals surface area contributed by atoms with Gasteiger partial charge in [-0.05, 0) is 12.5 Å². The molecule has 0 bridgehead atoms. The van der Waals surface area contributed by atoms with E-state index in [1.807, 2.05) is 0 Å². The molecule has 0 saturated carbocycles. The highest BCUT2D eigenvalue weighted by Crippen LogP contribution is 2.27. The van der Waals surface area contributed by atoms with E-state index in [1.54, 1.807) is 12.1 Å². The van der Waals surface area contributed by atoms with Crippen LogP contribution in [0.2, 0.25) is 0 Å². The summed E-state index contributed by atoms with van der Waals surface area (Å²) in [6.45, 7) is 0. The quantitative estimate of drug-likeness (QED) is 0.742. The van der Waals surface area contributed by atoms with Crippen LogP contribution in [0.1, 0.15) is 34.9 Å². The van der Waals surface area contributed by atoms with E-state index in [0.717, 1.165) is 0 Å². The van der Waals surface area contributed by atoms with Crippen LogP contribution in [-0.4, -0.2) is 37.5 Å². The van der Waals surface area contributed by atoms with Crippen molar-refractivity contribution in [2.24, 2.45) is 0 Å². The predicted octanol–water partition coefficient (Wildman–Crippen LogP) is -0.0523. The SMILES string of the molecule is O=C1CCC(c2cccn3c(C(=O)O)nnc23)C(=O)N1. The first-order chi connectivity index (χ1) is 9.58. The van der Waals surface area contributed by atoms with Crippen LogP contribution in [0.25, 0.3) is 5.65 Å². The molecule has 8 nitrogen and oxygen atoms in total. The lowest BCUT2D eigenvalue weighted by atomic mass is 9.91. The molecule has 20 heavy (non-hydrogen) atoms. The van der Waals surface area contributed by atoms with Crippen molar-refractivity contribution in [1.82, 2.24) is 19.9 Å². The number of carboxylic acids is 1. The number of carboxylic acid groups (broad SMARTS) is 1. The summed E-state index contributed by atoms with van der Waals surface area (Å²) in [6, 6.07) is 3.32. The van der Waals surface area contributed by atoms with Gasteiger partial charge in [0.2, 0.25) is 17.6 Å². The van der Waals surface area contributed by atoms with Crippen molar-refractivity contribution in [2.45, 2.75) is 18.8 Å². The van der Waals surface area contributed by atoms with Crippen molar-refractivity contribution in [3.63, 3.8) is 0 Å². The van der Waals surface area contributed by atoms with E-state index in [-0.39, 0.29) is 18.2 Å². The molecule has 2 amide bonds. The number of fused-ring (bicyclic) bond motifs is 1. The molecule has 0 spiro atoms. The van der Waals surface area contributed by atoms with E-state index in [2.05, 4.69) is 15.5 Å². The molecule has 2 aromatic heterocycles. The van der Waals surface area contributed by atoms with E-state index in [0.29, 0.717) is 17.6 Å². The Hall–Kier alpha value is -2.77. The largest absolute Gasteiger partial charge is 0.475 e. The number of carbonyl (C=O) groups excluding carboxylic acids is 2. The molecule has 3 rings (SSSR count). The highest BCUT2D eigenvalue weighted by atomic mass is 16.4. The summed E-state index contributed by atoms with van der Waals surface area (Å²) >= 11 is 0. The third-order valence-electron chi connectivity index (χ3n) is 3.27. The standard InChI is InChI=1S/C12H10N4O4/c17-8-4-3-7(11(18)13-8)6-2-1-5-16-9(6)14-15-10(16)12(19)20/h1-2,5,7H,3-4H2,(H,19,20)(H,13,17,18). The van der Waals surface area contributed by atoms with Crippen molar-refractivity contribution in [3.05, 3.63) is 29.7 Å². The minimum Gasteiger partial charge on any atom is -0.475 e. The first kappa shape index (κ1) is 12.3. The van der Waals surface area contributed by atoms with E-state index in [1.165, 1.54) is 10.6 Å². The molecule has 102 valence electrons. The number of hydrogen-bond acceptors (Lipinski definition) is 5. The van der Waals surface area contributed by atoms with Gasteiger partial charge in [0.1, 0.15) is 0 Å². The van der Waals surface area contributed by atoms with Gasteiger partial charge in [0.15, 0.2) is 5.65 Å². The van der Waals surface area contributed by atoms with Crippen molar-refractivity contribution in [1.29, 1.82) is 0 Å². The fourth-order valence-electron chi connectivity index (χ4n) is 2.34. The van der Waals surface area contributed by atoms with E-state index < -0.39 is 17.8 Å². The molecule has 0 aromatic carbocycles. The van der Waals surface area contributed by atoms with Crippen LogP contribution < -0.4 is 5.32 Å². The Morgan fingerprint density at radius 2 is 2.20 bits per heavy atom. The maximum atomic E-state index is 11.9. The number of pyridine rings is 1. The zero-order valence-electron chi connectivity index (χ0n) is 10.2. The van der Waals surface area contributed by atoms with Gasteiger partial charge in [-0.15, -0.1) is 10.2 Å². The van der Waals surface area contributed by atoms with Gasteiger partial charge in [-0.2, -0.15) is 0 Å². The molecule has 0 radical (unpaired) electrons. The number of aromatic carboxylic acids is 1. The fourth-order valence-corrected chi connectivity index (χ4v) is 2.34. The second-order valence-corrected chi connectivity index (χ2v) is 4.49. The van der Waals surface area contributed by atoms with E-state index in [9.17, 15) is 14.4 Å². The van der Waals surface area contributed by atoms with Gasteiger partial charge < -0.3 is 5.11 Å². The third-order valence-corrected chi connectivity index (χ3v) is 3.27. The molecule has 1 saturated heterocycles. The lowest BCUT2D eigenvalue weighted by Crippen LogP contribution is -2.39. The zero-order chi connectivity index (χ0) is 14.3. The Kier molecular flexibility index (Phi) is 2.70. The number of hydrogen-bond donors (Lipinski definition) is 2. The number of piperidine rings is 1. The molecular weight excluding hydrogens is 264 g/mol. The van der Waals surface area contributed by atoms with Gasteiger partial charge in [-0.3, -0.25) is 19.3 Å². The summed E-state index contributed by atoms with van der Waals surface area (Å²) in [7, 11) is 0. The van der Waals surface area contributed by atoms with Crippen molar-refractivity contribution in [3.8, 4) is 0 Å². The fraction of sp³-hybridized carbons (Fsp3) is 0.250. The lowest BCUT2D eigenvalue weighted by molar-refractivity contribution is -0.134. The summed E-state index contributed by atoms with van der Waals surface area (Å²) in [6.07, 6.45) is 2.14. The topological polar surface area (TPSA) is 114 Å². The highest BCUT2D eigenvalue weighted by Gasteiger charge is 2.30. The first-order valence-corrected chi connectivity index (χ1v) is 5.98. The average molecular weight is 274 g/mol. The van der Waals surface area contributed by atoms with Crippen molar-refractivity contribution in [2.75, 3.05) is 0 Å². The van der Waals surface area contributed by atoms with Gasteiger partial charge in [0.25, 0.3) is 0 Å². The summed E-state index contributed by atoms with van der Waals surface area (Å²) in [5, 5.41) is 18.7. The predicted molar refractivity (Wildman–Crippen MR) is 65.1 cm³/mol. The summed E-state index contributed by atoms with van der Waals surface area (Å²) in [4.78, 5) is 34.1. The molecular formula is C12H10N4O4. The Morgan fingerprint density at radius 1 is 1.40 bits per heavy atom. The molecule has 2 N–H and O–H groups in total. The van der Waals surface area contributed by atoms with Crippen LogP contribution >= 0.6 is 0 Å². The average Bonchev–Trinajstić information content (AvgIpc) is 2.82. The molecule has 1 unspecified atom stereocenters. The lowest BCUT2D eigenvalue weighted by Gasteiger charge is -2.21. The van der Waals surface area contributed by atoms with Gasteiger partial charge in [-0.25, -0.2) is 4.79 Å². The maximum Gasteiger partial charge on any atom is 0.374 e. The Balaban J connectivity index is 2.10. The van der Waals surface area contributed by atoms with Gasteiger partial charge in [0.05, 0.1) is 5.92 Å². The van der Waals surface area contributed by atoms with Crippen LogP contribution in [0.3, 0.4) is 0 Å². The molecule has 1 aliphatic heterocycles. The van der Waals surface area contributed by atoms with Crippen LogP contribution in [0.4, 0.5) is 0 Å². The number of nitrogens with one attached hydrogen (secondary N) is 1. The number of rotatable bonds is 2. The molecule has 1 aliphatic rings. The molecule has 1 fully saturated rings. The molecule has 8 heteroatoms. The maximum absolute atomic E-state index is 11.9. The van der Waals surface area contributed by atoms with Gasteiger partial charge >= 0.3 is 5.97 Å². The van der Waals surface area contributed by atoms with Crippen LogP contribution in [-0.2, 0) is 9.59 Å². The monoisotopic (exact) mass is 274 g/mol. The Morgan fingerprint density at radius 3 is 2.90 bits per heavy atom. The summed E-state index contributed by atoms with van der Waals surface area (Å²) in [5.41, 5.74) is 0.886. The second kappa shape index (κ2) is 4.41. The molecule has 1 atom stereocenters. The minimum atomic E-state index is -1.20. The van der Waals surface area contributed by atoms with E-state index in [4.69, 9.17) is 5.11 Å². The summed E-state index contributed by atoms with van der Waals surface area (Å²) in [5.74, 6) is -2.63. The first-order valence-electron chi connectivity index (χ1n) is 5.98. The van der Waals surface area contributed by atoms with Gasteiger partial charge in [0, 0.05) is 18.2 Å². The third kappa shape index (κ3) is 1.81. The summed E-state index contributed by atoms with van der Waals surface area (Å²) < 4.78 is 1.32. The highest BCUT2D eigenvalue weighted by molar-refractivity contribution is 6.01. The molecule has 0 aliphatic carbocycles. The number of amides is 2.